The summed E-state index contributed by atoms with van der Waals surface area (Å²) in [6.07, 6.45) is 4.48. The van der Waals surface area contributed by atoms with E-state index in [1.54, 1.807) is 11.9 Å². The Labute approximate surface area is 172 Å². The predicted octanol–water partition coefficient (Wildman–Crippen LogP) is 3.91. The van der Waals surface area contributed by atoms with Gasteiger partial charge in [-0.05, 0) is 39.3 Å². The van der Waals surface area contributed by atoms with Crippen molar-refractivity contribution in [2.75, 3.05) is 16.8 Å². The number of benzene rings is 1. The van der Waals surface area contributed by atoms with Crippen molar-refractivity contribution < 1.29 is 9.59 Å². The zero-order valence-electron chi connectivity index (χ0n) is 18.0. The van der Waals surface area contributed by atoms with Crippen LogP contribution in [0.4, 0.5) is 17.1 Å². The second-order valence-electron chi connectivity index (χ2n) is 8.30. The highest BCUT2D eigenvalue weighted by Gasteiger charge is 2.34. The van der Waals surface area contributed by atoms with Crippen LogP contribution in [0, 0.1) is 6.92 Å². The smallest absolute Gasteiger partial charge is 0.276 e. The van der Waals surface area contributed by atoms with E-state index in [4.69, 9.17) is 0 Å². The van der Waals surface area contributed by atoms with Crippen LogP contribution in [0.25, 0.3) is 0 Å². The molecule has 0 bridgehead atoms. The summed E-state index contributed by atoms with van der Waals surface area (Å²) >= 11 is 0. The van der Waals surface area contributed by atoms with Crippen molar-refractivity contribution in [3.8, 4) is 0 Å². The number of para-hydroxylation sites is 2. The van der Waals surface area contributed by atoms with E-state index in [0.717, 1.165) is 12.8 Å². The first-order valence-corrected chi connectivity index (χ1v) is 10.3. The molecule has 1 aliphatic rings. The minimum absolute atomic E-state index is 0.116. The summed E-state index contributed by atoms with van der Waals surface area (Å²) in [5, 5.41) is 10.7. The Balaban J connectivity index is 1.92. The lowest BCUT2D eigenvalue weighted by Crippen LogP contribution is -2.45. The van der Waals surface area contributed by atoms with Crippen LogP contribution in [0.15, 0.2) is 24.3 Å². The summed E-state index contributed by atoms with van der Waals surface area (Å²) < 4.78 is 1.54. The number of fused-ring (bicyclic) bond motifs is 2. The van der Waals surface area contributed by atoms with Crippen LogP contribution in [-0.4, -0.2) is 33.7 Å². The molecule has 0 atom stereocenters. The maximum absolute atomic E-state index is 13.4. The van der Waals surface area contributed by atoms with E-state index in [2.05, 4.69) is 36.5 Å². The van der Waals surface area contributed by atoms with Crippen molar-refractivity contribution >= 4 is 28.9 Å². The van der Waals surface area contributed by atoms with Gasteiger partial charge in [0.2, 0.25) is 5.91 Å². The Morgan fingerprint density at radius 3 is 2.69 bits per heavy atom. The zero-order valence-corrected chi connectivity index (χ0v) is 18.0. The molecule has 3 rings (SSSR count). The van der Waals surface area contributed by atoms with E-state index in [1.165, 1.54) is 17.5 Å². The molecule has 2 N–H and O–H groups in total. The van der Waals surface area contributed by atoms with E-state index in [1.807, 2.05) is 31.2 Å². The molecule has 0 aliphatic carbocycles. The fourth-order valence-electron chi connectivity index (χ4n) is 3.80. The summed E-state index contributed by atoms with van der Waals surface area (Å²) in [7, 11) is 1.72. The Hall–Kier alpha value is -2.67. The van der Waals surface area contributed by atoms with Crippen molar-refractivity contribution in [1.29, 1.82) is 0 Å². The van der Waals surface area contributed by atoms with Gasteiger partial charge in [-0.1, -0.05) is 38.3 Å². The van der Waals surface area contributed by atoms with E-state index in [9.17, 15) is 9.59 Å². The van der Waals surface area contributed by atoms with Crippen LogP contribution >= 0.6 is 0 Å². The van der Waals surface area contributed by atoms with E-state index >= 15 is 0 Å². The molecule has 29 heavy (non-hydrogen) atoms. The van der Waals surface area contributed by atoms with Gasteiger partial charge in [-0.15, -0.1) is 0 Å². The quantitative estimate of drug-likeness (QED) is 0.695. The predicted molar refractivity (Wildman–Crippen MR) is 116 cm³/mol. The number of nitrogens with one attached hydrogen (secondary N) is 2. The summed E-state index contributed by atoms with van der Waals surface area (Å²) in [4.78, 5) is 27.8. The first kappa shape index (κ1) is 21.0. The molecule has 0 saturated heterocycles. The molecular formula is C22H31N5O2. The Bertz CT molecular complexity index is 916. The first-order chi connectivity index (χ1) is 13.7. The lowest BCUT2D eigenvalue weighted by molar-refractivity contribution is -0.117. The van der Waals surface area contributed by atoms with E-state index in [-0.39, 0.29) is 23.9 Å². The number of anilines is 3. The molecule has 1 aromatic carbocycles. The molecule has 2 aromatic rings. The number of hydrogen-bond acceptors (Lipinski definition) is 4. The maximum Gasteiger partial charge on any atom is 0.276 e. The van der Waals surface area contributed by atoms with Crippen molar-refractivity contribution in [3.05, 3.63) is 35.7 Å². The molecule has 7 nitrogen and oxygen atoms in total. The van der Waals surface area contributed by atoms with Gasteiger partial charge in [-0.25, -0.2) is 0 Å². The lowest BCUT2D eigenvalue weighted by Gasteiger charge is -2.29. The number of amides is 2. The number of carbonyl (C=O) groups excluding carboxylic acids is 2. The van der Waals surface area contributed by atoms with Gasteiger partial charge in [0.1, 0.15) is 5.69 Å². The first-order valence-electron chi connectivity index (χ1n) is 10.3. The normalized spacial score (nSPS) is 13.6. The molecule has 0 radical (unpaired) electrons. The van der Waals surface area contributed by atoms with Gasteiger partial charge in [0.25, 0.3) is 5.91 Å². The van der Waals surface area contributed by atoms with E-state index in [0.29, 0.717) is 28.5 Å². The Morgan fingerprint density at radius 1 is 1.24 bits per heavy atom. The van der Waals surface area contributed by atoms with E-state index < -0.39 is 0 Å². The molecule has 0 fully saturated rings. The summed E-state index contributed by atoms with van der Waals surface area (Å²) in [6.45, 7) is 8.43. The third-order valence-electron chi connectivity index (χ3n) is 5.40. The number of aromatic nitrogens is 2. The van der Waals surface area contributed by atoms with Gasteiger partial charge in [-0.3, -0.25) is 19.2 Å². The molecule has 156 valence electrons. The number of nitrogens with zero attached hydrogens (tertiary/aromatic N) is 3. The second-order valence-corrected chi connectivity index (χ2v) is 8.30. The maximum atomic E-state index is 13.4. The highest BCUT2D eigenvalue weighted by molar-refractivity contribution is 6.17. The van der Waals surface area contributed by atoms with Crippen LogP contribution in [0.5, 0.6) is 0 Å². The summed E-state index contributed by atoms with van der Waals surface area (Å²) in [6, 6.07) is 7.37. The molecule has 7 heteroatoms. The average molecular weight is 398 g/mol. The molecule has 1 aromatic heterocycles. The third-order valence-corrected chi connectivity index (χ3v) is 5.40. The Morgan fingerprint density at radius 2 is 1.97 bits per heavy atom. The SMILES string of the molecule is CCCCCC(C)(C)NCC(=O)N1c2ccccc2NC(=O)c2c1c(C)nn2C. The standard InChI is InChI=1S/C22H31N5O2/c1-6-7-10-13-22(3,4)23-14-18(28)27-17-12-9-8-11-16(17)24-21(29)20-19(27)15(2)25-26(20)5/h8-9,11-12,23H,6-7,10,13-14H2,1-5H3,(H,24,29). The van der Waals surface area contributed by atoms with Crippen LogP contribution in [0.3, 0.4) is 0 Å². The fraction of sp³-hybridized carbons (Fsp3) is 0.500. The van der Waals surface area contributed by atoms with Crippen molar-refractivity contribution in [3.63, 3.8) is 0 Å². The van der Waals surface area contributed by atoms with Crippen molar-refractivity contribution in [1.82, 2.24) is 15.1 Å². The number of hydrogen-bond donors (Lipinski definition) is 2. The highest BCUT2D eigenvalue weighted by atomic mass is 16.2. The molecule has 2 amide bonds. The summed E-state index contributed by atoms with van der Waals surface area (Å²) in [5.74, 6) is -0.381. The molecular weight excluding hydrogens is 366 g/mol. The van der Waals surface area contributed by atoms with Gasteiger partial charge < -0.3 is 10.6 Å². The van der Waals surface area contributed by atoms with Crippen LogP contribution in [-0.2, 0) is 11.8 Å². The van der Waals surface area contributed by atoms with Gasteiger partial charge in [-0.2, -0.15) is 5.10 Å². The van der Waals surface area contributed by atoms with Gasteiger partial charge in [0.15, 0.2) is 5.69 Å². The van der Waals surface area contributed by atoms with Crippen molar-refractivity contribution in [2.24, 2.45) is 7.05 Å². The van der Waals surface area contributed by atoms with Crippen molar-refractivity contribution in [2.45, 2.75) is 58.9 Å². The zero-order chi connectivity index (χ0) is 21.2. The van der Waals surface area contributed by atoms with Gasteiger partial charge >= 0.3 is 0 Å². The molecule has 0 spiro atoms. The molecule has 0 unspecified atom stereocenters. The minimum Gasteiger partial charge on any atom is -0.319 e. The molecule has 2 heterocycles. The average Bonchev–Trinajstić information content (AvgIpc) is 2.87. The number of carbonyl (C=O) groups is 2. The highest BCUT2D eigenvalue weighted by Crippen LogP contribution is 2.39. The number of aryl methyl sites for hydroxylation is 2. The number of unbranched alkanes of at least 4 members (excludes halogenated alkanes) is 2. The van der Waals surface area contributed by atoms with Crippen LogP contribution in [0.1, 0.15) is 62.6 Å². The third kappa shape index (κ3) is 4.34. The monoisotopic (exact) mass is 397 g/mol. The molecule has 0 saturated carbocycles. The van der Waals surface area contributed by atoms with Gasteiger partial charge in [0.05, 0.1) is 23.6 Å². The summed E-state index contributed by atoms with van der Waals surface area (Å²) in [5.41, 5.74) is 2.71. The minimum atomic E-state index is -0.265. The topological polar surface area (TPSA) is 79.3 Å². The number of rotatable bonds is 7. The fourth-order valence-corrected chi connectivity index (χ4v) is 3.80. The lowest BCUT2D eigenvalue weighted by atomic mass is 9.96. The van der Waals surface area contributed by atoms with Gasteiger partial charge in [0, 0.05) is 12.6 Å². The van der Waals surface area contributed by atoms with Crippen LogP contribution in [0.2, 0.25) is 0 Å². The Kier molecular flexibility index (Phi) is 6.07. The molecule has 1 aliphatic heterocycles. The largest absolute Gasteiger partial charge is 0.319 e. The van der Waals surface area contributed by atoms with Crippen LogP contribution < -0.4 is 15.5 Å². The second kappa shape index (κ2) is 8.37.